The molecule has 1 heterocycles. The van der Waals surface area contributed by atoms with Crippen molar-refractivity contribution in [3.63, 3.8) is 0 Å². The van der Waals surface area contributed by atoms with Crippen LogP contribution in [0.4, 0.5) is 5.69 Å². The Morgan fingerprint density at radius 2 is 2.11 bits per heavy atom. The Labute approximate surface area is 110 Å². The summed E-state index contributed by atoms with van der Waals surface area (Å²) in [5.74, 6) is -0.181. The molecule has 18 heavy (non-hydrogen) atoms. The number of benzene rings is 1. The first-order valence-corrected chi connectivity index (χ1v) is 7.18. The average molecular weight is 286 g/mol. The normalized spacial score (nSPS) is 11.7. The van der Waals surface area contributed by atoms with E-state index in [1.807, 2.05) is 0 Å². The van der Waals surface area contributed by atoms with Crippen LogP contribution in [0.3, 0.4) is 0 Å². The van der Waals surface area contributed by atoms with E-state index in [4.69, 9.17) is 17.3 Å². The minimum atomic E-state index is -3.51. The van der Waals surface area contributed by atoms with Crippen molar-refractivity contribution in [1.29, 1.82) is 0 Å². The van der Waals surface area contributed by atoms with Gasteiger partial charge in [0.15, 0.2) is 9.84 Å². The summed E-state index contributed by atoms with van der Waals surface area (Å²) in [4.78, 5) is 0.0811. The highest BCUT2D eigenvalue weighted by Crippen LogP contribution is 2.25. The summed E-state index contributed by atoms with van der Waals surface area (Å²) in [5.41, 5.74) is 6.31. The lowest BCUT2D eigenvalue weighted by molar-refractivity contribution is 0.594. The second-order valence-electron chi connectivity index (χ2n) is 3.92. The first-order valence-electron chi connectivity index (χ1n) is 5.15. The van der Waals surface area contributed by atoms with Crippen LogP contribution < -0.4 is 5.73 Å². The lowest BCUT2D eigenvalue weighted by atomic mass is 10.3. The van der Waals surface area contributed by atoms with Crippen molar-refractivity contribution in [3.8, 4) is 0 Å². The minimum absolute atomic E-state index is 0.0811. The average Bonchev–Trinajstić information content (AvgIpc) is 2.62. The number of nitrogens with two attached hydrogens (primary N) is 1. The van der Waals surface area contributed by atoms with Crippen molar-refractivity contribution in [2.24, 2.45) is 7.05 Å². The summed E-state index contributed by atoms with van der Waals surface area (Å²) in [7, 11) is -1.78. The van der Waals surface area contributed by atoms with Crippen molar-refractivity contribution < 1.29 is 8.42 Å². The maximum atomic E-state index is 12.2. The third kappa shape index (κ3) is 2.65. The molecule has 0 amide bonds. The molecule has 2 N–H and O–H groups in total. The van der Waals surface area contributed by atoms with Crippen molar-refractivity contribution >= 4 is 27.1 Å². The molecule has 0 spiro atoms. The van der Waals surface area contributed by atoms with Crippen LogP contribution in [0.5, 0.6) is 0 Å². The molecule has 0 aliphatic heterocycles. The first-order chi connectivity index (χ1) is 8.38. The second kappa shape index (κ2) is 4.62. The van der Waals surface area contributed by atoms with Crippen LogP contribution in [-0.2, 0) is 22.6 Å². The molecule has 0 saturated carbocycles. The zero-order valence-corrected chi connectivity index (χ0v) is 11.2. The van der Waals surface area contributed by atoms with Gasteiger partial charge in [-0.25, -0.2) is 8.42 Å². The van der Waals surface area contributed by atoms with E-state index in [1.165, 1.54) is 18.2 Å². The zero-order valence-electron chi connectivity index (χ0n) is 9.67. The van der Waals surface area contributed by atoms with Crippen LogP contribution in [0.1, 0.15) is 5.69 Å². The standard InChI is InChI=1S/C11H12ClN3O2S/c1-15-5-4-9(14-15)7-18(16,17)11-3-2-8(12)6-10(11)13/h2-6H,7,13H2,1H3. The molecule has 0 aliphatic rings. The fourth-order valence-electron chi connectivity index (χ4n) is 1.62. The zero-order chi connectivity index (χ0) is 13.3. The Balaban J connectivity index is 2.36. The smallest absolute Gasteiger partial charge is 0.186 e. The molecule has 5 nitrogen and oxygen atoms in total. The van der Waals surface area contributed by atoms with Gasteiger partial charge >= 0.3 is 0 Å². The molecule has 0 unspecified atom stereocenters. The van der Waals surface area contributed by atoms with Gasteiger partial charge < -0.3 is 5.73 Å². The van der Waals surface area contributed by atoms with Crippen LogP contribution >= 0.6 is 11.6 Å². The highest BCUT2D eigenvalue weighted by atomic mass is 35.5. The summed E-state index contributed by atoms with van der Waals surface area (Å²) in [6.07, 6.45) is 1.69. The summed E-state index contributed by atoms with van der Waals surface area (Å²) in [6, 6.07) is 6.00. The van der Waals surface area contributed by atoms with Gasteiger partial charge in [0.1, 0.15) is 0 Å². The predicted octanol–water partition coefficient (Wildman–Crippen LogP) is 1.63. The Morgan fingerprint density at radius 1 is 1.39 bits per heavy atom. The number of aromatic nitrogens is 2. The Hall–Kier alpha value is -1.53. The lowest BCUT2D eigenvalue weighted by Gasteiger charge is -2.06. The molecule has 0 saturated heterocycles. The Kier molecular flexibility index (Phi) is 3.32. The predicted molar refractivity (Wildman–Crippen MR) is 70.0 cm³/mol. The molecular formula is C11H12ClN3O2S. The van der Waals surface area contributed by atoms with Gasteiger partial charge in [-0.1, -0.05) is 11.6 Å². The van der Waals surface area contributed by atoms with Crippen LogP contribution in [0.15, 0.2) is 35.4 Å². The van der Waals surface area contributed by atoms with E-state index in [1.54, 1.807) is 24.0 Å². The van der Waals surface area contributed by atoms with E-state index in [0.717, 1.165) is 0 Å². The Bertz CT molecular complexity index is 679. The number of sulfone groups is 1. The number of halogens is 1. The maximum absolute atomic E-state index is 12.2. The quantitative estimate of drug-likeness (QED) is 0.870. The van der Waals surface area contributed by atoms with E-state index in [2.05, 4.69) is 5.10 Å². The Morgan fingerprint density at radius 3 is 2.67 bits per heavy atom. The van der Waals surface area contributed by atoms with Gasteiger partial charge in [0.25, 0.3) is 0 Å². The van der Waals surface area contributed by atoms with E-state index in [0.29, 0.717) is 10.7 Å². The van der Waals surface area contributed by atoms with Crippen molar-refractivity contribution in [2.75, 3.05) is 5.73 Å². The van der Waals surface area contributed by atoms with Gasteiger partial charge in [-0.3, -0.25) is 4.68 Å². The molecule has 1 aromatic heterocycles. The molecule has 0 atom stereocenters. The summed E-state index contributed by atoms with van der Waals surface area (Å²) >= 11 is 5.74. The third-order valence-electron chi connectivity index (χ3n) is 2.41. The van der Waals surface area contributed by atoms with Crippen LogP contribution in [0.25, 0.3) is 0 Å². The molecular weight excluding hydrogens is 274 g/mol. The number of anilines is 1. The van der Waals surface area contributed by atoms with Gasteiger partial charge in [-0.2, -0.15) is 5.10 Å². The summed E-state index contributed by atoms with van der Waals surface area (Å²) in [6.45, 7) is 0. The third-order valence-corrected chi connectivity index (χ3v) is 4.37. The largest absolute Gasteiger partial charge is 0.398 e. The fraction of sp³-hybridized carbons (Fsp3) is 0.182. The maximum Gasteiger partial charge on any atom is 0.186 e. The summed E-state index contributed by atoms with van der Waals surface area (Å²) in [5, 5.41) is 4.45. The molecule has 2 rings (SSSR count). The van der Waals surface area contributed by atoms with Gasteiger partial charge in [0.2, 0.25) is 0 Å². The van der Waals surface area contributed by atoms with E-state index >= 15 is 0 Å². The topological polar surface area (TPSA) is 78.0 Å². The van der Waals surface area contributed by atoms with E-state index in [-0.39, 0.29) is 16.3 Å². The van der Waals surface area contributed by atoms with Crippen LogP contribution in [0.2, 0.25) is 5.02 Å². The first kappa shape index (κ1) is 12.9. The molecule has 2 aromatic rings. The van der Waals surface area contributed by atoms with Gasteiger partial charge in [0, 0.05) is 18.3 Å². The van der Waals surface area contributed by atoms with Crippen molar-refractivity contribution in [2.45, 2.75) is 10.6 Å². The van der Waals surface area contributed by atoms with Crippen molar-refractivity contribution in [1.82, 2.24) is 9.78 Å². The number of nitrogen functional groups attached to an aromatic ring is 1. The molecule has 0 bridgehead atoms. The number of hydrogen-bond donors (Lipinski definition) is 1. The molecule has 1 aromatic carbocycles. The second-order valence-corrected chi connectivity index (χ2v) is 6.32. The summed E-state index contributed by atoms with van der Waals surface area (Å²) < 4.78 is 25.9. The number of nitrogens with zero attached hydrogens (tertiary/aromatic N) is 2. The number of aryl methyl sites for hydroxylation is 1. The van der Waals surface area contributed by atoms with Crippen LogP contribution in [0, 0.1) is 0 Å². The van der Waals surface area contributed by atoms with E-state index in [9.17, 15) is 8.42 Å². The minimum Gasteiger partial charge on any atom is -0.398 e. The van der Waals surface area contributed by atoms with Crippen LogP contribution in [-0.4, -0.2) is 18.2 Å². The monoisotopic (exact) mass is 285 g/mol. The number of rotatable bonds is 3. The van der Waals surface area contributed by atoms with Gasteiger partial charge in [-0.05, 0) is 24.3 Å². The highest BCUT2D eigenvalue weighted by molar-refractivity contribution is 7.90. The lowest BCUT2D eigenvalue weighted by Crippen LogP contribution is -2.08. The van der Waals surface area contributed by atoms with Gasteiger partial charge in [0.05, 0.1) is 22.0 Å². The number of hydrogen-bond acceptors (Lipinski definition) is 4. The highest BCUT2D eigenvalue weighted by Gasteiger charge is 2.19. The van der Waals surface area contributed by atoms with E-state index < -0.39 is 9.84 Å². The molecule has 7 heteroatoms. The molecule has 0 aliphatic carbocycles. The van der Waals surface area contributed by atoms with Crippen molar-refractivity contribution in [3.05, 3.63) is 41.2 Å². The van der Waals surface area contributed by atoms with Gasteiger partial charge in [-0.15, -0.1) is 0 Å². The molecule has 96 valence electrons. The molecule has 0 fully saturated rings. The SMILES string of the molecule is Cn1ccc(CS(=O)(=O)c2ccc(Cl)cc2N)n1. The fourth-order valence-corrected chi connectivity index (χ4v) is 3.19. The molecule has 0 radical (unpaired) electrons.